The van der Waals surface area contributed by atoms with Gasteiger partial charge in [0.1, 0.15) is 0 Å². The van der Waals surface area contributed by atoms with Crippen molar-refractivity contribution in [3.05, 3.63) is 34.9 Å². The summed E-state index contributed by atoms with van der Waals surface area (Å²) in [4.78, 5) is 25.5. The Hall–Kier alpha value is -1.76. The third-order valence-corrected chi connectivity index (χ3v) is 4.49. The molecule has 0 bridgehead atoms. The first-order valence-electron chi connectivity index (χ1n) is 8.13. The van der Waals surface area contributed by atoms with Gasteiger partial charge in [-0.15, -0.1) is 0 Å². The first-order chi connectivity index (χ1) is 11.8. The second-order valence-corrected chi connectivity index (χ2v) is 6.56. The van der Waals surface area contributed by atoms with Crippen LogP contribution in [0.15, 0.2) is 24.3 Å². The number of carbonyl (C=O) groups is 2. The molecule has 1 atom stereocenters. The molecular formula is C17H20ClF3N2O2. The highest BCUT2D eigenvalue weighted by Crippen LogP contribution is 2.23. The fourth-order valence-corrected chi connectivity index (χ4v) is 3.06. The number of likely N-dealkylation sites (tertiary alicyclic amines) is 1. The van der Waals surface area contributed by atoms with Gasteiger partial charge in [-0.1, -0.05) is 23.7 Å². The van der Waals surface area contributed by atoms with Gasteiger partial charge in [0.05, 0.1) is 17.0 Å². The first kappa shape index (κ1) is 19.6. The fraction of sp³-hybridized carbons (Fsp3) is 0.529. The SMILES string of the molecule is O=C(NC[C@H]1CCCN(C(=O)CCC(F)(F)F)C1)c1ccccc1Cl. The van der Waals surface area contributed by atoms with Crippen molar-refractivity contribution in [2.45, 2.75) is 31.9 Å². The summed E-state index contributed by atoms with van der Waals surface area (Å²) in [5.41, 5.74) is 0.373. The average Bonchev–Trinajstić information content (AvgIpc) is 2.57. The van der Waals surface area contributed by atoms with Gasteiger partial charge in [-0.2, -0.15) is 13.2 Å². The number of piperidine rings is 1. The second kappa shape index (κ2) is 8.56. The monoisotopic (exact) mass is 376 g/mol. The van der Waals surface area contributed by atoms with Crippen LogP contribution in [0, 0.1) is 5.92 Å². The second-order valence-electron chi connectivity index (χ2n) is 6.15. The van der Waals surface area contributed by atoms with Gasteiger partial charge in [-0.05, 0) is 30.9 Å². The summed E-state index contributed by atoms with van der Waals surface area (Å²) in [6.07, 6.45) is -4.43. The van der Waals surface area contributed by atoms with E-state index in [2.05, 4.69) is 5.32 Å². The minimum atomic E-state index is -4.33. The Bertz CT molecular complexity index is 622. The minimum Gasteiger partial charge on any atom is -0.352 e. The van der Waals surface area contributed by atoms with Crippen molar-refractivity contribution < 1.29 is 22.8 Å². The van der Waals surface area contributed by atoms with Crippen LogP contribution in [0.25, 0.3) is 0 Å². The van der Waals surface area contributed by atoms with E-state index < -0.39 is 24.9 Å². The number of benzene rings is 1. The van der Waals surface area contributed by atoms with Crippen LogP contribution in [0.3, 0.4) is 0 Å². The smallest absolute Gasteiger partial charge is 0.352 e. The molecule has 1 N–H and O–H groups in total. The Morgan fingerprint density at radius 2 is 2.00 bits per heavy atom. The van der Waals surface area contributed by atoms with Crippen LogP contribution >= 0.6 is 11.6 Å². The zero-order valence-corrected chi connectivity index (χ0v) is 14.4. The van der Waals surface area contributed by atoms with Crippen LogP contribution in [0.2, 0.25) is 5.02 Å². The minimum absolute atomic E-state index is 0.0232. The van der Waals surface area contributed by atoms with E-state index in [1.807, 2.05) is 0 Å². The van der Waals surface area contributed by atoms with Crippen LogP contribution in [0.1, 0.15) is 36.0 Å². The van der Waals surface area contributed by atoms with Crippen LogP contribution in [-0.2, 0) is 4.79 Å². The van der Waals surface area contributed by atoms with Crippen LogP contribution < -0.4 is 5.32 Å². The van der Waals surface area contributed by atoms with Gasteiger partial charge < -0.3 is 10.2 Å². The van der Waals surface area contributed by atoms with Gasteiger partial charge in [-0.3, -0.25) is 9.59 Å². The predicted molar refractivity (Wildman–Crippen MR) is 88.4 cm³/mol. The van der Waals surface area contributed by atoms with E-state index in [-0.39, 0.29) is 11.8 Å². The number of halogens is 4. The molecule has 0 unspecified atom stereocenters. The van der Waals surface area contributed by atoms with E-state index in [4.69, 9.17) is 11.6 Å². The molecule has 0 saturated carbocycles. The lowest BCUT2D eigenvalue weighted by Crippen LogP contribution is -2.44. The lowest BCUT2D eigenvalue weighted by atomic mass is 9.97. The maximum absolute atomic E-state index is 12.2. The molecule has 2 amide bonds. The summed E-state index contributed by atoms with van der Waals surface area (Å²) < 4.78 is 36.7. The first-order valence-corrected chi connectivity index (χ1v) is 8.51. The molecule has 8 heteroatoms. The highest BCUT2D eigenvalue weighted by molar-refractivity contribution is 6.33. The van der Waals surface area contributed by atoms with Crippen molar-refractivity contribution >= 4 is 23.4 Å². The van der Waals surface area contributed by atoms with Crippen molar-refractivity contribution in [2.75, 3.05) is 19.6 Å². The molecule has 0 spiro atoms. The van der Waals surface area contributed by atoms with E-state index in [0.717, 1.165) is 6.42 Å². The van der Waals surface area contributed by atoms with Crippen molar-refractivity contribution in [1.29, 1.82) is 0 Å². The molecule has 1 heterocycles. The Kier molecular flexibility index (Phi) is 6.70. The normalized spacial score (nSPS) is 18.1. The lowest BCUT2D eigenvalue weighted by molar-refractivity contribution is -0.150. The number of hydrogen-bond acceptors (Lipinski definition) is 2. The van der Waals surface area contributed by atoms with Gasteiger partial charge in [0, 0.05) is 26.1 Å². The van der Waals surface area contributed by atoms with Crippen molar-refractivity contribution in [1.82, 2.24) is 10.2 Å². The summed E-state index contributed by atoms with van der Waals surface area (Å²) in [5.74, 6) is -0.763. The fourth-order valence-electron chi connectivity index (χ4n) is 2.84. The molecule has 0 radical (unpaired) electrons. The number of amides is 2. The third-order valence-electron chi connectivity index (χ3n) is 4.16. The van der Waals surface area contributed by atoms with Gasteiger partial charge in [0.15, 0.2) is 0 Å². The van der Waals surface area contributed by atoms with Crippen molar-refractivity contribution in [2.24, 2.45) is 5.92 Å². The molecule has 0 aliphatic carbocycles. The maximum atomic E-state index is 12.2. The quantitative estimate of drug-likeness (QED) is 0.852. The number of alkyl halides is 3. The Morgan fingerprint density at radius 1 is 1.28 bits per heavy atom. The number of hydrogen-bond donors (Lipinski definition) is 1. The van der Waals surface area contributed by atoms with Crippen LogP contribution in [-0.4, -0.2) is 42.5 Å². The zero-order valence-electron chi connectivity index (χ0n) is 13.6. The average molecular weight is 377 g/mol. The largest absolute Gasteiger partial charge is 0.389 e. The Labute approximate surface area is 149 Å². The standard InChI is InChI=1S/C17H20ClF3N2O2/c18-14-6-2-1-5-13(14)16(25)22-10-12-4-3-9-23(11-12)15(24)7-8-17(19,20)21/h1-2,5-6,12H,3-4,7-11H2,(H,22,25)/t12-/m1/s1. The van der Waals surface area contributed by atoms with Crippen molar-refractivity contribution in [3.8, 4) is 0 Å². The molecule has 2 rings (SSSR count). The predicted octanol–water partition coefficient (Wildman–Crippen LogP) is 3.65. The molecular weight excluding hydrogens is 357 g/mol. The molecule has 4 nitrogen and oxygen atoms in total. The molecule has 138 valence electrons. The summed E-state index contributed by atoms with van der Waals surface area (Å²) in [7, 11) is 0. The van der Waals surface area contributed by atoms with Crippen LogP contribution in [0.5, 0.6) is 0 Å². The highest BCUT2D eigenvalue weighted by Gasteiger charge is 2.30. The number of nitrogens with one attached hydrogen (secondary N) is 1. The zero-order chi connectivity index (χ0) is 18.4. The third kappa shape index (κ3) is 6.23. The molecule has 1 fully saturated rings. The number of rotatable bonds is 5. The lowest BCUT2D eigenvalue weighted by Gasteiger charge is -2.33. The summed E-state index contributed by atoms with van der Waals surface area (Å²) >= 11 is 5.97. The topological polar surface area (TPSA) is 49.4 Å². The molecule has 1 aromatic rings. The Morgan fingerprint density at radius 3 is 2.68 bits per heavy atom. The molecule has 1 aromatic carbocycles. The number of nitrogens with zero attached hydrogens (tertiary/aromatic N) is 1. The molecule has 1 saturated heterocycles. The van der Waals surface area contributed by atoms with Gasteiger partial charge in [0.25, 0.3) is 5.91 Å². The van der Waals surface area contributed by atoms with E-state index in [9.17, 15) is 22.8 Å². The number of carbonyl (C=O) groups excluding carboxylic acids is 2. The summed E-state index contributed by atoms with van der Waals surface area (Å²) in [6, 6.07) is 6.68. The van der Waals surface area contributed by atoms with Gasteiger partial charge >= 0.3 is 6.18 Å². The van der Waals surface area contributed by atoms with E-state index in [0.29, 0.717) is 36.6 Å². The highest BCUT2D eigenvalue weighted by atomic mass is 35.5. The van der Waals surface area contributed by atoms with Gasteiger partial charge in [-0.25, -0.2) is 0 Å². The van der Waals surface area contributed by atoms with E-state index >= 15 is 0 Å². The molecule has 1 aliphatic heterocycles. The van der Waals surface area contributed by atoms with Crippen LogP contribution in [0.4, 0.5) is 13.2 Å². The summed E-state index contributed by atoms with van der Waals surface area (Å²) in [6.45, 7) is 1.18. The maximum Gasteiger partial charge on any atom is 0.389 e. The summed E-state index contributed by atoms with van der Waals surface area (Å²) in [5, 5.41) is 3.14. The molecule has 1 aliphatic rings. The van der Waals surface area contributed by atoms with E-state index in [1.165, 1.54) is 4.90 Å². The Balaban J connectivity index is 1.82. The van der Waals surface area contributed by atoms with Crippen molar-refractivity contribution in [3.63, 3.8) is 0 Å². The van der Waals surface area contributed by atoms with E-state index in [1.54, 1.807) is 24.3 Å². The van der Waals surface area contributed by atoms with Gasteiger partial charge in [0.2, 0.25) is 5.91 Å². The molecule has 0 aromatic heterocycles. The molecule has 25 heavy (non-hydrogen) atoms.